The van der Waals surface area contributed by atoms with Crippen LogP contribution < -0.4 is 16.6 Å². The highest BCUT2D eigenvalue weighted by Crippen LogP contribution is 2.36. The van der Waals surface area contributed by atoms with E-state index in [0.29, 0.717) is 37.9 Å². The molecule has 2 N–H and O–H groups in total. The summed E-state index contributed by atoms with van der Waals surface area (Å²) in [7, 11) is 0. The monoisotopic (exact) mass is 518 g/mol. The summed E-state index contributed by atoms with van der Waals surface area (Å²) >= 11 is 0. The number of hydrogen-bond acceptors (Lipinski definition) is 4. The number of aromatic amines is 1. The molecule has 2 heterocycles. The molecule has 1 saturated heterocycles. The average Bonchev–Trinajstić information content (AvgIpc) is 3.31. The number of H-pyrrole nitrogens is 1. The fraction of sp³-hybridized carbons (Fsp3) is 0.423. The van der Waals surface area contributed by atoms with Gasteiger partial charge in [0, 0.05) is 38.0 Å². The number of carbonyl (C=O) groups is 1. The maximum Gasteiger partial charge on any atom is 0.329 e. The maximum atomic E-state index is 14.6. The van der Waals surface area contributed by atoms with Gasteiger partial charge < -0.3 is 5.32 Å². The highest BCUT2D eigenvalue weighted by atomic mass is 19.3. The molecule has 5 rings (SSSR count). The number of hydrogen-bond donors (Lipinski definition) is 2. The zero-order valence-corrected chi connectivity index (χ0v) is 19.9. The van der Waals surface area contributed by atoms with Crippen LogP contribution in [0.5, 0.6) is 0 Å². The van der Waals surface area contributed by atoms with E-state index in [1.165, 1.54) is 22.8 Å². The zero-order valence-electron chi connectivity index (χ0n) is 19.9. The molecule has 0 spiro atoms. The molecule has 0 radical (unpaired) electrons. The fourth-order valence-corrected chi connectivity index (χ4v) is 5.34. The van der Waals surface area contributed by atoms with Gasteiger partial charge in [-0.2, -0.15) is 0 Å². The molecule has 7 nitrogen and oxygen atoms in total. The van der Waals surface area contributed by atoms with Crippen LogP contribution in [0.25, 0.3) is 10.9 Å². The minimum absolute atomic E-state index is 0.00727. The lowest BCUT2D eigenvalue weighted by Crippen LogP contribution is -2.42. The topological polar surface area (TPSA) is 87.2 Å². The van der Waals surface area contributed by atoms with Crippen LogP contribution in [0.2, 0.25) is 0 Å². The molecule has 196 valence electrons. The van der Waals surface area contributed by atoms with Crippen LogP contribution in [-0.2, 0) is 6.54 Å². The Morgan fingerprint density at radius 1 is 1.05 bits per heavy atom. The molecule has 2 aliphatic rings. The van der Waals surface area contributed by atoms with Gasteiger partial charge in [-0.3, -0.25) is 24.0 Å². The Hall–Kier alpha value is -3.47. The van der Waals surface area contributed by atoms with Gasteiger partial charge in [0.1, 0.15) is 11.6 Å². The lowest BCUT2D eigenvalue weighted by atomic mass is 9.91. The molecular weight excluding hydrogens is 492 g/mol. The van der Waals surface area contributed by atoms with Gasteiger partial charge in [-0.15, -0.1) is 0 Å². The van der Waals surface area contributed by atoms with Crippen molar-refractivity contribution in [3.8, 4) is 0 Å². The molecule has 37 heavy (non-hydrogen) atoms. The summed E-state index contributed by atoms with van der Waals surface area (Å²) in [6.07, 6.45) is 1.19. The van der Waals surface area contributed by atoms with Crippen LogP contribution in [0.15, 0.2) is 46.0 Å². The molecule has 0 bridgehead atoms. The Bertz CT molecular complexity index is 1460. The molecule has 2 fully saturated rings. The first-order valence-electron chi connectivity index (χ1n) is 12.2. The van der Waals surface area contributed by atoms with E-state index in [2.05, 4.69) is 15.2 Å². The molecular formula is C26H26F4N4O3. The number of benzene rings is 2. The van der Waals surface area contributed by atoms with Crippen molar-refractivity contribution in [3.05, 3.63) is 80.0 Å². The van der Waals surface area contributed by atoms with Crippen LogP contribution in [0.4, 0.5) is 17.6 Å². The van der Waals surface area contributed by atoms with E-state index in [1.54, 1.807) is 0 Å². The number of alkyl halides is 2. The molecule has 1 saturated carbocycles. The van der Waals surface area contributed by atoms with Crippen LogP contribution in [-0.4, -0.2) is 51.5 Å². The van der Waals surface area contributed by atoms with Gasteiger partial charge >= 0.3 is 5.69 Å². The molecule has 1 aromatic heterocycles. The Morgan fingerprint density at radius 3 is 2.57 bits per heavy atom. The predicted octanol–water partition coefficient (Wildman–Crippen LogP) is 3.40. The molecule has 1 amide bonds. The predicted molar refractivity (Wildman–Crippen MR) is 129 cm³/mol. The summed E-state index contributed by atoms with van der Waals surface area (Å²) in [4.78, 5) is 41.7. The van der Waals surface area contributed by atoms with E-state index in [9.17, 15) is 31.9 Å². The van der Waals surface area contributed by atoms with E-state index in [4.69, 9.17) is 0 Å². The first kappa shape index (κ1) is 25.2. The van der Waals surface area contributed by atoms with Crippen LogP contribution in [0.3, 0.4) is 0 Å². The number of carbonyl (C=O) groups excluding carboxylic acids is 1. The molecule has 1 atom stereocenters. The van der Waals surface area contributed by atoms with E-state index in [1.807, 2.05) is 0 Å². The summed E-state index contributed by atoms with van der Waals surface area (Å²) in [6.45, 7) is 1.10. The van der Waals surface area contributed by atoms with E-state index in [-0.39, 0.29) is 47.9 Å². The van der Waals surface area contributed by atoms with Crippen molar-refractivity contribution in [1.29, 1.82) is 0 Å². The average molecular weight is 519 g/mol. The molecule has 11 heteroatoms. The number of likely N-dealkylation sites (tertiary alicyclic amines) is 1. The molecule has 2 aromatic carbocycles. The Morgan fingerprint density at radius 2 is 1.81 bits per heavy atom. The van der Waals surface area contributed by atoms with Crippen molar-refractivity contribution >= 4 is 16.8 Å². The smallest absolute Gasteiger partial charge is 0.329 e. The number of halogens is 4. The minimum Gasteiger partial charge on any atom is -0.348 e. The Labute approximate surface area is 209 Å². The van der Waals surface area contributed by atoms with Crippen molar-refractivity contribution in [2.75, 3.05) is 13.1 Å². The van der Waals surface area contributed by atoms with Crippen molar-refractivity contribution in [2.45, 2.75) is 56.7 Å². The van der Waals surface area contributed by atoms with Gasteiger partial charge in [0.2, 0.25) is 5.92 Å². The standard InChI is InChI=1S/C26H26F4N4O3/c27-16-2-4-22-20(12-16)24(36)32-25(37)34(22)13-15-1-3-21(28)19(11-15)23(35)31-17-7-10-33(14-17)18-5-8-26(29,30)9-6-18/h1-4,11-12,17-18H,5-10,13-14H2,(H,31,35)(H,32,36,37). The van der Waals surface area contributed by atoms with Gasteiger partial charge in [0.25, 0.3) is 11.5 Å². The van der Waals surface area contributed by atoms with E-state index in [0.717, 1.165) is 18.2 Å². The normalized spacial score (nSPS) is 20.4. The third-order valence-corrected chi connectivity index (χ3v) is 7.33. The second-order valence-corrected chi connectivity index (χ2v) is 9.86. The fourth-order valence-electron chi connectivity index (χ4n) is 5.34. The lowest BCUT2D eigenvalue weighted by molar-refractivity contribution is -0.0516. The van der Waals surface area contributed by atoms with E-state index >= 15 is 0 Å². The molecule has 1 aliphatic carbocycles. The van der Waals surface area contributed by atoms with Gasteiger partial charge in [-0.25, -0.2) is 22.4 Å². The molecule has 3 aromatic rings. The third kappa shape index (κ3) is 5.31. The third-order valence-electron chi connectivity index (χ3n) is 7.33. The number of nitrogens with zero attached hydrogens (tertiary/aromatic N) is 2. The minimum atomic E-state index is -2.60. The van der Waals surface area contributed by atoms with Gasteiger partial charge in [-0.1, -0.05) is 6.07 Å². The summed E-state index contributed by atoms with van der Waals surface area (Å²) in [5, 5.41) is 2.83. The highest BCUT2D eigenvalue weighted by molar-refractivity contribution is 5.95. The largest absolute Gasteiger partial charge is 0.348 e. The van der Waals surface area contributed by atoms with Crippen molar-refractivity contribution in [3.63, 3.8) is 0 Å². The second-order valence-electron chi connectivity index (χ2n) is 9.86. The summed E-state index contributed by atoms with van der Waals surface area (Å²) < 4.78 is 56.4. The van der Waals surface area contributed by atoms with E-state index < -0.39 is 34.7 Å². The van der Waals surface area contributed by atoms with Crippen LogP contribution in [0.1, 0.15) is 48.0 Å². The first-order chi connectivity index (χ1) is 17.6. The van der Waals surface area contributed by atoms with Gasteiger partial charge in [-0.05, 0) is 55.2 Å². The quantitative estimate of drug-likeness (QED) is 0.507. The van der Waals surface area contributed by atoms with Crippen molar-refractivity contribution < 1.29 is 22.4 Å². The molecule has 1 aliphatic heterocycles. The van der Waals surface area contributed by atoms with Crippen LogP contribution in [0, 0.1) is 11.6 Å². The number of fused-ring (bicyclic) bond motifs is 1. The lowest BCUT2D eigenvalue weighted by Gasteiger charge is -2.34. The first-order valence-corrected chi connectivity index (χ1v) is 12.2. The SMILES string of the molecule is O=C(NC1CCN(C2CCC(F)(F)CC2)C1)c1cc(Cn2c(=O)[nH]c(=O)c3cc(F)ccc32)ccc1F. The van der Waals surface area contributed by atoms with Gasteiger partial charge in [0.15, 0.2) is 0 Å². The number of aromatic nitrogens is 2. The maximum absolute atomic E-state index is 14.6. The molecule has 1 unspecified atom stereocenters. The summed E-state index contributed by atoms with van der Waals surface area (Å²) in [6, 6.07) is 7.19. The second kappa shape index (κ2) is 9.77. The summed E-state index contributed by atoms with van der Waals surface area (Å²) in [5.74, 6) is -4.57. The Balaban J connectivity index is 1.30. The number of rotatable bonds is 5. The Kier molecular flexibility index (Phi) is 6.65. The highest BCUT2D eigenvalue weighted by Gasteiger charge is 2.39. The van der Waals surface area contributed by atoms with Crippen molar-refractivity contribution in [2.24, 2.45) is 0 Å². The van der Waals surface area contributed by atoms with Crippen LogP contribution >= 0.6 is 0 Å². The van der Waals surface area contributed by atoms with Crippen molar-refractivity contribution in [1.82, 2.24) is 19.8 Å². The number of nitrogens with one attached hydrogen (secondary N) is 2. The number of amides is 1. The summed E-state index contributed by atoms with van der Waals surface area (Å²) in [5.41, 5.74) is -0.992. The van der Waals surface area contributed by atoms with Gasteiger partial charge in [0.05, 0.1) is 23.0 Å². The zero-order chi connectivity index (χ0) is 26.3.